The van der Waals surface area contributed by atoms with Gasteiger partial charge in [-0.05, 0) is 33.7 Å². The molecule has 17 heavy (non-hydrogen) atoms. The summed E-state index contributed by atoms with van der Waals surface area (Å²) in [4.78, 5) is 3.59. The van der Waals surface area contributed by atoms with Gasteiger partial charge in [0.15, 0.2) is 0 Å². The molecule has 0 spiro atoms. The van der Waals surface area contributed by atoms with Gasteiger partial charge in [-0.1, -0.05) is 15.9 Å². The largest absolute Gasteiger partial charge is 0.574 e. The molecule has 8 heteroatoms. The van der Waals surface area contributed by atoms with Crippen molar-refractivity contribution in [2.45, 2.75) is 18.1 Å². The molecule has 0 aliphatic heterocycles. The van der Waals surface area contributed by atoms with Crippen LogP contribution in [0.3, 0.4) is 0 Å². The highest BCUT2D eigenvalue weighted by molar-refractivity contribution is 14.1. The summed E-state index contributed by atoms with van der Waals surface area (Å²) in [6.45, 7) is 0. The van der Waals surface area contributed by atoms with Gasteiger partial charge in [-0.2, -0.15) is 5.26 Å². The van der Waals surface area contributed by atoms with Gasteiger partial charge in [-0.15, -0.1) is 13.2 Å². The molecule has 0 aliphatic carbocycles. The van der Waals surface area contributed by atoms with Crippen LogP contribution in [0.1, 0.15) is 11.1 Å². The van der Waals surface area contributed by atoms with Crippen LogP contribution in [-0.2, 0) is 11.8 Å². The SMILES string of the molecule is N#CCc1c(CBr)cnc(OC(F)(F)F)c1I. The molecular formula is C9H5BrF3IN2O. The van der Waals surface area contributed by atoms with E-state index in [1.165, 1.54) is 6.20 Å². The molecular weight excluding hydrogens is 416 g/mol. The minimum atomic E-state index is -4.78. The van der Waals surface area contributed by atoms with E-state index in [1.807, 2.05) is 6.07 Å². The van der Waals surface area contributed by atoms with E-state index in [0.29, 0.717) is 16.5 Å². The second-order valence-corrected chi connectivity index (χ2v) is 4.54. The van der Waals surface area contributed by atoms with Crippen LogP contribution in [-0.4, -0.2) is 11.3 Å². The van der Waals surface area contributed by atoms with Crippen LogP contribution in [0.4, 0.5) is 13.2 Å². The molecule has 0 amide bonds. The Balaban J connectivity index is 3.19. The van der Waals surface area contributed by atoms with E-state index < -0.39 is 12.2 Å². The van der Waals surface area contributed by atoms with Crippen molar-refractivity contribution in [3.8, 4) is 11.9 Å². The zero-order valence-electron chi connectivity index (χ0n) is 8.18. The van der Waals surface area contributed by atoms with Crippen molar-refractivity contribution < 1.29 is 17.9 Å². The summed E-state index contributed by atoms with van der Waals surface area (Å²) in [7, 11) is 0. The monoisotopic (exact) mass is 420 g/mol. The van der Waals surface area contributed by atoms with E-state index in [0.717, 1.165) is 0 Å². The molecule has 92 valence electrons. The van der Waals surface area contributed by atoms with Gasteiger partial charge in [0.2, 0.25) is 5.88 Å². The highest BCUT2D eigenvalue weighted by Gasteiger charge is 2.33. The maximum Gasteiger partial charge on any atom is 0.574 e. The number of halogens is 5. The first kappa shape index (κ1) is 14.5. The Labute approximate surface area is 117 Å². The number of nitrogens with zero attached hydrogens (tertiary/aromatic N) is 2. The number of alkyl halides is 4. The van der Waals surface area contributed by atoms with Crippen LogP contribution in [0, 0.1) is 14.9 Å². The van der Waals surface area contributed by atoms with Crippen LogP contribution >= 0.6 is 38.5 Å². The van der Waals surface area contributed by atoms with Gasteiger partial charge in [0, 0.05) is 11.5 Å². The summed E-state index contributed by atoms with van der Waals surface area (Å²) in [5.41, 5.74) is 1.17. The Bertz CT molecular complexity index is 459. The Morgan fingerprint density at radius 2 is 2.18 bits per heavy atom. The van der Waals surface area contributed by atoms with Gasteiger partial charge in [0.25, 0.3) is 0 Å². The lowest BCUT2D eigenvalue weighted by molar-refractivity contribution is -0.276. The maximum absolute atomic E-state index is 12.1. The third-order valence-electron chi connectivity index (χ3n) is 1.79. The predicted octanol–water partition coefficient (Wildman–Crippen LogP) is 3.55. The number of pyridine rings is 1. The van der Waals surface area contributed by atoms with E-state index >= 15 is 0 Å². The summed E-state index contributed by atoms with van der Waals surface area (Å²) in [6, 6.07) is 1.90. The number of ether oxygens (including phenoxy) is 1. The van der Waals surface area contributed by atoms with Gasteiger partial charge < -0.3 is 4.74 Å². The average Bonchev–Trinajstić information content (AvgIpc) is 2.23. The Hall–Kier alpha value is -0.560. The third-order valence-corrected chi connectivity index (χ3v) is 3.51. The first-order valence-electron chi connectivity index (χ1n) is 4.24. The van der Waals surface area contributed by atoms with Crippen LogP contribution in [0.25, 0.3) is 0 Å². The fourth-order valence-corrected chi connectivity index (χ4v) is 2.38. The second-order valence-electron chi connectivity index (χ2n) is 2.90. The predicted molar refractivity (Wildman–Crippen MR) is 65.6 cm³/mol. The zero-order chi connectivity index (χ0) is 13.1. The normalized spacial score (nSPS) is 11.1. The summed E-state index contributed by atoms with van der Waals surface area (Å²) >= 11 is 4.88. The van der Waals surface area contributed by atoms with Crippen molar-refractivity contribution >= 4 is 38.5 Å². The van der Waals surface area contributed by atoms with Crippen LogP contribution in [0.2, 0.25) is 0 Å². The molecule has 0 N–H and O–H groups in total. The standard InChI is InChI=1S/C9H5BrF3IN2O/c10-3-5-4-16-8(17-9(11,12)13)7(14)6(5)1-2-15/h4H,1,3H2. The van der Waals surface area contributed by atoms with Crippen molar-refractivity contribution in [1.29, 1.82) is 5.26 Å². The molecule has 0 aliphatic rings. The van der Waals surface area contributed by atoms with Crippen molar-refractivity contribution in [3.05, 3.63) is 20.9 Å². The van der Waals surface area contributed by atoms with Crippen molar-refractivity contribution in [3.63, 3.8) is 0 Å². The number of hydrogen-bond acceptors (Lipinski definition) is 3. The smallest absolute Gasteiger partial charge is 0.387 e. The quantitative estimate of drug-likeness (QED) is 0.555. The molecule has 1 rings (SSSR count). The second kappa shape index (κ2) is 5.86. The molecule has 0 aromatic carbocycles. The Kier molecular flexibility index (Phi) is 5.00. The van der Waals surface area contributed by atoms with Gasteiger partial charge in [-0.3, -0.25) is 0 Å². The summed E-state index contributed by atoms with van der Waals surface area (Å²) in [5.74, 6) is -0.520. The van der Waals surface area contributed by atoms with Crippen LogP contribution < -0.4 is 4.74 Å². The molecule has 0 saturated carbocycles. The van der Waals surface area contributed by atoms with E-state index in [1.54, 1.807) is 22.6 Å². The lowest BCUT2D eigenvalue weighted by atomic mass is 10.1. The molecule has 1 aromatic heterocycles. The Morgan fingerprint density at radius 1 is 1.53 bits per heavy atom. The third kappa shape index (κ3) is 3.99. The fraction of sp³-hybridized carbons (Fsp3) is 0.333. The average molecular weight is 421 g/mol. The number of nitriles is 1. The Morgan fingerprint density at radius 3 is 2.65 bits per heavy atom. The summed E-state index contributed by atoms with van der Waals surface area (Å²) in [5, 5.41) is 9.05. The zero-order valence-corrected chi connectivity index (χ0v) is 11.9. The summed E-state index contributed by atoms with van der Waals surface area (Å²) < 4.78 is 40.2. The number of aromatic nitrogens is 1. The van der Waals surface area contributed by atoms with Gasteiger partial charge in [0.1, 0.15) is 0 Å². The van der Waals surface area contributed by atoms with Crippen LogP contribution in [0.5, 0.6) is 5.88 Å². The van der Waals surface area contributed by atoms with E-state index in [-0.39, 0.29) is 9.99 Å². The van der Waals surface area contributed by atoms with Crippen molar-refractivity contribution in [2.24, 2.45) is 0 Å². The fourth-order valence-electron chi connectivity index (χ4n) is 1.11. The highest BCUT2D eigenvalue weighted by Crippen LogP contribution is 2.30. The number of rotatable bonds is 3. The lowest BCUT2D eigenvalue weighted by Crippen LogP contribution is -2.19. The molecule has 1 heterocycles. The molecule has 0 fully saturated rings. The first-order valence-corrected chi connectivity index (χ1v) is 6.44. The molecule has 0 unspecified atom stereocenters. The minimum Gasteiger partial charge on any atom is -0.387 e. The van der Waals surface area contributed by atoms with Crippen LogP contribution in [0.15, 0.2) is 6.20 Å². The van der Waals surface area contributed by atoms with Gasteiger partial charge in [0.05, 0.1) is 16.1 Å². The lowest BCUT2D eigenvalue weighted by Gasteiger charge is -2.13. The minimum absolute atomic E-state index is 0.00986. The molecule has 1 aromatic rings. The van der Waals surface area contributed by atoms with E-state index in [9.17, 15) is 13.2 Å². The first-order chi connectivity index (χ1) is 7.89. The number of hydrogen-bond donors (Lipinski definition) is 0. The van der Waals surface area contributed by atoms with Crippen molar-refractivity contribution in [1.82, 2.24) is 4.98 Å². The molecule has 0 atom stereocenters. The molecule has 3 nitrogen and oxygen atoms in total. The van der Waals surface area contributed by atoms with Gasteiger partial charge in [-0.25, -0.2) is 4.98 Å². The molecule has 0 saturated heterocycles. The molecule has 0 bridgehead atoms. The topological polar surface area (TPSA) is 45.9 Å². The van der Waals surface area contributed by atoms with E-state index in [2.05, 4.69) is 25.7 Å². The maximum atomic E-state index is 12.1. The van der Waals surface area contributed by atoms with E-state index in [4.69, 9.17) is 5.26 Å². The molecule has 0 radical (unpaired) electrons. The van der Waals surface area contributed by atoms with Gasteiger partial charge >= 0.3 is 6.36 Å². The van der Waals surface area contributed by atoms with Crippen molar-refractivity contribution in [2.75, 3.05) is 0 Å². The summed E-state index contributed by atoms with van der Waals surface area (Å²) in [6.07, 6.45) is -3.51. The highest BCUT2D eigenvalue weighted by atomic mass is 127.